The zero-order valence-electron chi connectivity index (χ0n) is 9.93. The van der Waals surface area contributed by atoms with Crippen molar-refractivity contribution in [1.29, 1.82) is 0 Å². The van der Waals surface area contributed by atoms with Crippen molar-refractivity contribution in [3.05, 3.63) is 17.0 Å². The first kappa shape index (κ1) is 14.2. The maximum absolute atomic E-state index is 12.0. The standard InChI is InChI=1S/C11H16N2O2S2/c1-4-9-13(3)17(14,15)11-6-5-10(16-11)7-8-12-2/h1,5-6,12H,7-9H2,2-3H3. The van der Waals surface area contributed by atoms with Crippen molar-refractivity contribution in [2.24, 2.45) is 0 Å². The minimum Gasteiger partial charge on any atom is -0.319 e. The van der Waals surface area contributed by atoms with Crippen LogP contribution >= 0.6 is 11.3 Å². The number of sulfonamides is 1. The molecule has 0 aliphatic carbocycles. The third kappa shape index (κ3) is 3.54. The van der Waals surface area contributed by atoms with Gasteiger partial charge in [0.25, 0.3) is 10.0 Å². The molecular weight excluding hydrogens is 256 g/mol. The molecular formula is C11H16N2O2S2. The Hall–Kier alpha value is -0.870. The van der Waals surface area contributed by atoms with Crippen LogP contribution in [0.1, 0.15) is 4.88 Å². The number of rotatable bonds is 6. The minimum atomic E-state index is -3.42. The number of hydrogen-bond donors (Lipinski definition) is 1. The van der Waals surface area contributed by atoms with Gasteiger partial charge in [-0.05, 0) is 32.1 Å². The second-order valence-corrected chi connectivity index (χ2v) is 6.98. The van der Waals surface area contributed by atoms with E-state index in [0.717, 1.165) is 17.8 Å². The fraction of sp³-hybridized carbons (Fsp3) is 0.455. The first-order valence-electron chi connectivity index (χ1n) is 5.15. The average Bonchev–Trinajstić information content (AvgIpc) is 2.75. The second kappa shape index (κ2) is 6.17. The van der Waals surface area contributed by atoms with Crippen LogP contribution in [0, 0.1) is 12.3 Å². The van der Waals surface area contributed by atoms with Gasteiger partial charge in [-0.1, -0.05) is 5.92 Å². The smallest absolute Gasteiger partial charge is 0.253 e. The SMILES string of the molecule is C#CCN(C)S(=O)(=O)c1ccc(CCNC)s1. The van der Waals surface area contributed by atoms with E-state index in [0.29, 0.717) is 4.21 Å². The van der Waals surface area contributed by atoms with Gasteiger partial charge in [-0.15, -0.1) is 17.8 Å². The zero-order chi connectivity index (χ0) is 12.9. The molecule has 0 fully saturated rings. The Morgan fingerprint density at radius 1 is 1.53 bits per heavy atom. The highest BCUT2D eigenvalue weighted by molar-refractivity contribution is 7.91. The Morgan fingerprint density at radius 3 is 2.82 bits per heavy atom. The van der Waals surface area contributed by atoms with Crippen LogP contribution in [-0.2, 0) is 16.4 Å². The van der Waals surface area contributed by atoms with Gasteiger partial charge in [-0.2, -0.15) is 4.31 Å². The minimum absolute atomic E-state index is 0.0894. The van der Waals surface area contributed by atoms with Gasteiger partial charge in [-0.3, -0.25) is 0 Å². The third-order valence-electron chi connectivity index (χ3n) is 2.24. The highest BCUT2D eigenvalue weighted by Crippen LogP contribution is 2.24. The molecule has 0 unspecified atom stereocenters. The molecule has 0 radical (unpaired) electrons. The van der Waals surface area contributed by atoms with Crippen molar-refractivity contribution in [1.82, 2.24) is 9.62 Å². The molecule has 1 N–H and O–H groups in total. The van der Waals surface area contributed by atoms with Gasteiger partial charge in [-0.25, -0.2) is 8.42 Å². The van der Waals surface area contributed by atoms with Crippen LogP contribution < -0.4 is 5.32 Å². The lowest BCUT2D eigenvalue weighted by atomic mass is 10.3. The van der Waals surface area contributed by atoms with Crippen LogP contribution in [0.5, 0.6) is 0 Å². The zero-order valence-corrected chi connectivity index (χ0v) is 11.6. The molecule has 0 aromatic carbocycles. The van der Waals surface area contributed by atoms with Crippen molar-refractivity contribution < 1.29 is 8.42 Å². The monoisotopic (exact) mass is 272 g/mol. The molecule has 1 aromatic rings. The van der Waals surface area contributed by atoms with E-state index in [4.69, 9.17) is 6.42 Å². The Morgan fingerprint density at radius 2 is 2.24 bits per heavy atom. The summed E-state index contributed by atoms with van der Waals surface area (Å²) in [7, 11) is -0.0611. The predicted molar refractivity (Wildman–Crippen MR) is 70.6 cm³/mol. The van der Waals surface area contributed by atoms with Crippen LogP contribution in [0.25, 0.3) is 0 Å². The van der Waals surface area contributed by atoms with Gasteiger partial charge in [0, 0.05) is 11.9 Å². The van der Waals surface area contributed by atoms with E-state index < -0.39 is 10.0 Å². The molecule has 0 saturated carbocycles. The van der Waals surface area contributed by atoms with Gasteiger partial charge >= 0.3 is 0 Å². The van der Waals surface area contributed by atoms with E-state index in [1.165, 1.54) is 22.7 Å². The largest absolute Gasteiger partial charge is 0.319 e. The molecule has 0 spiro atoms. The molecule has 0 amide bonds. The molecule has 0 bridgehead atoms. The van der Waals surface area contributed by atoms with Crippen molar-refractivity contribution in [2.45, 2.75) is 10.6 Å². The molecule has 0 atom stereocenters. The first-order chi connectivity index (χ1) is 8.02. The molecule has 6 heteroatoms. The van der Waals surface area contributed by atoms with Crippen molar-refractivity contribution >= 4 is 21.4 Å². The number of hydrogen-bond acceptors (Lipinski definition) is 4. The molecule has 0 aliphatic heterocycles. The molecule has 4 nitrogen and oxygen atoms in total. The van der Waals surface area contributed by atoms with Crippen LogP contribution in [-0.4, -0.2) is 39.9 Å². The average molecular weight is 272 g/mol. The molecule has 0 aliphatic rings. The molecule has 1 aromatic heterocycles. The Balaban J connectivity index is 2.86. The highest BCUT2D eigenvalue weighted by Gasteiger charge is 2.21. The summed E-state index contributed by atoms with van der Waals surface area (Å²) in [6.07, 6.45) is 5.94. The molecule has 17 heavy (non-hydrogen) atoms. The lowest BCUT2D eigenvalue weighted by molar-refractivity contribution is 0.505. The Labute approximate surface area is 107 Å². The van der Waals surface area contributed by atoms with Crippen molar-refractivity contribution in [3.8, 4) is 12.3 Å². The normalized spacial score (nSPS) is 11.6. The number of thiophene rings is 1. The Bertz CT molecular complexity index is 500. The summed E-state index contributed by atoms with van der Waals surface area (Å²) >= 11 is 1.30. The first-order valence-corrected chi connectivity index (χ1v) is 7.41. The lowest BCUT2D eigenvalue weighted by Gasteiger charge is -2.12. The summed E-state index contributed by atoms with van der Waals surface area (Å²) in [5.41, 5.74) is 0. The van der Waals surface area contributed by atoms with E-state index in [1.54, 1.807) is 6.07 Å². The van der Waals surface area contributed by atoms with Crippen molar-refractivity contribution in [2.75, 3.05) is 27.2 Å². The van der Waals surface area contributed by atoms with Crippen molar-refractivity contribution in [3.63, 3.8) is 0 Å². The maximum Gasteiger partial charge on any atom is 0.253 e. The number of likely N-dealkylation sites (N-methyl/N-ethyl adjacent to an activating group) is 1. The summed E-state index contributed by atoms with van der Waals surface area (Å²) in [6.45, 7) is 0.923. The molecule has 1 rings (SSSR count). The van der Waals surface area contributed by atoms with Gasteiger partial charge in [0.2, 0.25) is 0 Å². The Kier molecular flexibility index (Phi) is 5.15. The van der Waals surface area contributed by atoms with E-state index >= 15 is 0 Å². The summed E-state index contributed by atoms with van der Waals surface area (Å²) in [5.74, 6) is 2.33. The molecule has 94 valence electrons. The van der Waals surface area contributed by atoms with Gasteiger partial charge < -0.3 is 5.32 Å². The third-order valence-corrected chi connectivity index (χ3v) is 5.65. The maximum atomic E-state index is 12.0. The summed E-state index contributed by atoms with van der Waals surface area (Å²) in [6, 6.07) is 3.48. The second-order valence-electron chi connectivity index (χ2n) is 3.54. The fourth-order valence-corrected chi connectivity index (χ4v) is 3.90. The number of nitrogens with zero attached hydrogens (tertiary/aromatic N) is 1. The predicted octanol–water partition coefficient (Wildman–Crippen LogP) is 0.764. The van der Waals surface area contributed by atoms with Crippen LogP contribution in [0.3, 0.4) is 0 Å². The van der Waals surface area contributed by atoms with Crippen LogP contribution in [0.2, 0.25) is 0 Å². The van der Waals surface area contributed by atoms with E-state index in [1.807, 2.05) is 13.1 Å². The summed E-state index contributed by atoms with van der Waals surface area (Å²) < 4.78 is 25.6. The molecule has 0 saturated heterocycles. The van der Waals surface area contributed by atoms with Gasteiger partial charge in [0.05, 0.1) is 6.54 Å². The van der Waals surface area contributed by atoms with Crippen LogP contribution in [0.4, 0.5) is 0 Å². The van der Waals surface area contributed by atoms with E-state index in [2.05, 4.69) is 11.2 Å². The lowest BCUT2D eigenvalue weighted by Crippen LogP contribution is -2.26. The van der Waals surface area contributed by atoms with Gasteiger partial charge in [0.15, 0.2) is 0 Å². The topological polar surface area (TPSA) is 49.4 Å². The summed E-state index contributed by atoms with van der Waals surface area (Å²) in [4.78, 5) is 1.05. The fourth-order valence-electron chi connectivity index (χ4n) is 1.25. The van der Waals surface area contributed by atoms with Crippen LogP contribution in [0.15, 0.2) is 16.3 Å². The van der Waals surface area contributed by atoms with Gasteiger partial charge in [0.1, 0.15) is 4.21 Å². The van der Waals surface area contributed by atoms with E-state index in [-0.39, 0.29) is 6.54 Å². The number of nitrogens with one attached hydrogen (secondary N) is 1. The number of terminal acetylenes is 1. The quantitative estimate of drug-likeness (QED) is 0.778. The molecule has 1 heterocycles. The highest BCUT2D eigenvalue weighted by atomic mass is 32.2. The summed E-state index contributed by atoms with van der Waals surface area (Å²) in [5, 5.41) is 3.03. The van der Waals surface area contributed by atoms with E-state index in [9.17, 15) is 8.42 Å².